The molecular weight excluding hydrogens is 420 g/mol. The third-order valence-corrected chi connectivity index (χ3v) is 4.49. The molecule has 0 spiro atoms. The summed E-state index contributed by atoms with van der Waals surface area (Å²) in [7, 11) is 4.99. The Balaban J connectivity index is 2.03. The zero-order chi connectivity index (χ0) is 23.1. The molecule has 12 heteroatoms. The number of aryl methyl sites for hydroxylation is 2. The largest absolute Gasteiger partial charge is 0.419 e. The lowest BCUT2D eigenvalue weighted by Crippen LogP contribution is -2.35. The number of carbonyl (C=O) groups is 2. The van der Waals surface area contributed by atoms with E-state index in [1.165, 1.54) is 0 Å². The fraction of sp³-hybridized carbons (Fsp3) is 0.263. The Kier molecular flexibility index (Phi) is 5.57. The van der Waals surface area contributed by atoms with E-state index in [0.717, 1.165) is 6.07 Å². The highest BCUT2D eigenvalue weighted by molar-refractivity contribution is 6.14. The number of hydrogen-bond acceptors (Lipinski definition) is 5. The Bertz CT molecular complexity index is 1170. The molecule has 0 aliphatic heterocycles. The van der Waals surface area contributed by atoms with Crippen LogP contribution in [0, 0.1) is 12.7 Å². The monoisotopic (exact) mass is 438 g/mol. The van der Waals surface area contributed by atoms with Crippen molar-refractivity contribution in [1.82, 2.24) is 14.8 Å². The van der Waals surface area contributed by atoms with Crippen LogP contribution in [0.4, 0.5) is 39.5 Å². The minimum absolute atomic E-state index is 0.0965. The average Bonchev–Trinajstić information content (AvgIpc) is 2.95. The number of hydrogen-bond donors (Lipinski definition) is 1. The number of pyridine rings is 1. The maximum Gasteiger partial charge on any atom is 0.419 e. The van der Waals surface area contributed by atoms with Crippen molar-refractivity contribution in [3.8, 4) is 0 Å². The molecule has 0 atom stereocenters. The van der Waals surface area contributed by atoms with Crippen molar-refractivity contribution in [3.63, 3.8) is 0 Å². The number of rotatable bonds is 4. The second-order valence-electron chi connectivity index (χ2n) is 6.90. The summed E-state index contributed by atoms with van der Waals surface area (Å²) < 4.78 is 53.9. The molecule has 3 amide bonds. The molecule has 1 N–H and O–H groups in total. The van der Waals surface area contributed by atoms with E-state index in [0.29, 0.717) is 33.8 Å². The van der Waals surface area contributed by atoms with Gasteiger partial charge in [0.25, 0.3) is 0 Å². The lowest BCUT2D eigenvalue weighted by molar-refractivity contribution is -0.139. The van der Waals surface area contributed by atoms with Gasteiger partial charge in [0.1, 0.15) is 5.82 Å². The summed E-state index contributed by atoms with van der Waals surface area (Å²) in [4.78, 5) is 31.2. The minimum atomic E-state index is -4.94. The number of fused-ring (bicyclic) bond motifs is 1. The predicted octanol–water partition coefficient (Wildman–Crippen LogP) is 3.70. The Morgan fingerprint density at radius 1 is 1.23 bits per heavy atom. The summed E-state index contributed by atoms with van der Waals surface area (Å²) in [6.45, 7) is 1.73. The number of nitrogens with zero attached hydrogens (tertiary/aromatic N) is 5. The van der Waals surface area contributed by atoms with Crippen LogP contribution in [0.25, 0.3) is 11.0 Å². The van der Waals surface area contributed by atoms with Crippen LogP contribution < -0.4 is 15.1 Å². The summed E-state index contributed by atoms with van der Waals surface area (Å²) in [5, 5.41) is 7.03. The van der Waals surface area contributed by atoms with Crippen LogP contribution >= 0.6 is 0 Å². The zero-order valence-corrected chi connectivity index (χ0v) is 17.0. The van der Waals surface area contributed by atoms with Gasteiger partial charge in [0.15, 0.2) is 11.5 Å². The molecule has 1 aromatic carbocycles. The first-order valence-electron chi connectivity index (χ1n) is 8.88. The van der Waals surface area contributed by atoms with E-state index in [-0.39, 0.29) is 23.6 Å². The van der Waals surface area contributed by atoms with Crippen molar-refractivity contribution in [2.75, 3.05) is 29.2 Å². The van der Waals surface area contributed by atoms with Crippen molar-refractivity contribution in [2.45, 2.75) is 13.1 Å². The summed E-state index contributed by atoms with van der Waals surface area (Å²) >= 11 is 0. The van der Waals surface area contributed by atoms with Crippen LogP contribution in [0.2, 0.25) is 0 Å². The molecule has 0 radical (unpaired) electrons. The SMILES string of the molecule is Cc1nn(C)c2nc(N(C)C)c(N(C=O)C(=O)Nc3ccc(F)c(C(F)(F)F)c3)cc12. The molecule has 8 nitrogen and oxygen atoms in total. The van der Waals surface area contributed by atoms with E-state index in [9.17, 15) is 27.2 Å². The number of nitrogens with one attached hydrogen (secondary N) is 1. The predicted molar refractivity (Wildman–Crippen MR) is 107 cm³/mol. The van der Waals surface area contributed by atoms with Gasteiger partial charge in [-0.05, 0) is 31.2 Å². The normalized spacial score (nSPS) is 11.5. The molecule has 0 fully saturated rings. The fourth-order valence-corrected chi connectivity index (χ4v) is 3.05. The average molecular weight is 438 g/mol. The van der Waals surface area contributed by atoms with Gasteiger partial charge in [-0.15, -0.1) is 0 Å². The quantitative estimate of drug-likeness (QED) is 0.496. The summed E-state index contributed by atoms with van der Waals surface area (Å²) in [6.07, 6.45) is -4.73. The molecule has 3 aromatic rings. The number of amides is 3. The van der Waals surface area contributed by atoms with E-state index in [4.69, 9.17) is 0 Å². The number of urea groups is 1. The van der Waals surface area contributed by atoms with E-state index < -0.39 is 23.6 Å². The van der Waals surface area contributed by atoms with Gasteiger partial charge < -0.3 is 10.2 Å². The third kappa shape index (κ3) is 4.13. The van der Waals surface area contributed by atoms with E-state index in [1.807, 2.05) is 0 Å². The number of imide groups is 1. The van der Waals surface area contributed by atoms with Crippen LogP contribution in [-0.2, 0) is 18.0 Å². The molecule has 0 unspecified atom stereocenters. The number of carbonyl (C=O) groups excluding carboxylic acids is 2. The molecule has 0 aliphatic carbocycles. The summed E-state index contributed by atoms with van der Waals surface area (Å²) in [5.74, 6) is -1.22. The van der Waals surface area contributed by atoms with Gasteiger partial charge in [-0.25, -0.2) is 19.1 Å². The van der Waals surface area contributed by atoms with Gasteiger partial charge in [0, 0.05) is 32.2 Å². The number of anilines is 3. The Hall–Kier alpha value is -3.70. The molecular formula is C19H18F4N6O2. The van der Waals surface area contributed by atoms with Gasteiger partial charge in [-0.3, -0.25) is 9.48 Å². The molecule has 0 saturated heterocycles. The van der Waals surface area contributed by atoms with Gasteiger partial charge >= 0.3 is 12.2 Å². The highest BCUT2D eigenvalue weighted by Gasteiger charge is 2.34. The topological polar surface area (TPSA) is 83.4 Å². The Labute approximate surface area is 174 Å². The van der Waals surface area contributed by atoms with Gasteiger partial charge in [-0.2, -0.15) is 18.3 Å². The minimum Gasteiger partial charge on any atom is -0.361 e. The Morgan fingerprint density at radius 3 is 2.48 bits per heavy atom. The first-order chi connectivity index (χ1) is 14.4. The second kappa shape index (κ2) is 7.85. The molecule has 164 valence electrons. The van der Waals surface area contributed by atoms with E-state index in [2.05, 4.69) is 15.4 Å². The smallest absolute Gasteiger partial charge is 0.361 e. The molecule has 2 aromatic heterocycles. The molecule has 0 aliphatic rings. The van der Waals surface area contributed by atoms with Crippen molar-refractivity contribution < 1.29 is 27.2 Å². The number of aromatic nitrogens is 3. The molecule has 2 heterocycles. The van der Waals surface area contributed by atoms with Crippen LogP contribution in [0.15, 0.2) is 24.3 Å². The highest BCUT2D eigenvalue weighted by Crippen LogP contribution is 2.34. The maximum absolute atomic E-state index is 13.5. The molecule has 31 heavy (non-hydrogen) atoms. The number of alkyl halides is 3. The highest BCUT2D eigenvalue weighted by atomic mass is 19.4. The van der Waals surface area contributed by atoms with Crippen molar-refractivity contribution in [3.05, 3.63) is 41.3 Å². The lowest BCUT2D eigenvalue weighted by Gasteiger charge is -2.23. The van der Waals surface area contributed by atoms with Crippen molar-refractivity contribution in [1.29, 1.82) is 0 Å². The second-order valence-corrected chi connectivity index (χ2v) is 6.90. The van der Waals surface area contributed by atoms with Crippen molar-refractivity contribution in [2.24, 2.45) is 7.05 Å². The Morgan fingerprint density at radius 2 is 1.90 bits per heavy atom. The van der Waals surface area contributed by atoms with E-state index >= 15 is 0 Å². The van der Waals surface area contributed by atoms with Crippen LogP contribution in [-0.4, -0.2) is 41.3 Å². The fourth-order valence-electron chi connectivity index (χ4n) is 3.05. The molecule has 3 rings (SSSR count). The molecule has 0 saturated carbocycles. The van der Waals surface area contributed by atoms with Gasteiger partial charge in [0.2, 0.25) is 6.41 Å². The lowest BCUT2D eigenvalue weighted by atomic mass is 10.2. The van der Waals surface area contributed by atoms with Gasteiger partial charge in [-0.1, -0.05) is 0 Å². The summed E-state index contributed by atoms with van der Waals surface area (Å²) in [6, 6.07) is 2.50. The third-order valence-electron chi connectivity index (χ3n) is 4.49. The molecule has 0 bridgehead atoms. The van der Waals surface area contributed by atoms with Gasteiger partial charge in [0.05, 0.1) is 16.9 Å². The standard InChI is InChI=1S/C19H18F4N6O2/c1-10-12-8-15(17(27(2)3)25-16(12)28(4)26-10)29(9-30)18(31)24-11-5-6-14(20)13(7-11)19(21,22)23/h5-9H,1-4H3,(H,24,31). The first-order valence-corrected chi connectivity index (χ1v) is 8.88. The van der Waals surface area contributed by atoms with Crippen LogP contribution in [0.5, 0.6) is 0 Å². The van der Waals surface area contributed by atoms with Crippen LogP contribution in [0.3, 0.4) is 0 Å². The number of halogens is 4. The number of benzene rings is 1. The van der Waals surface area contributed by atoms with E-state index in [1.54, 1.807) is 43.7 Å². The van der Waals surface area contributed by atoms with Crippen LogP contribution in [0.1, 0.15) is 11.3 Å². The first kappa shape index (κ1) is 22.0. The summed E-state index contributed by atoms with van der Waals surface area (Å²) in [5.41, 5.74) is -0.644. The zero-order valence-electron chi connectivity index (χ0n) is 17.0. The maximum atomic E-state index is 13.5. The van der Waals surface area contributed by atoms with Crippen molar-refractivity contribution >= 4 is 40.7 Å².